The molecule has 16 heavy (non-hydrogen) atoms. The third kappa shape index (κ3) is 18.8. The lowest BCUT2D eigenvalue weighted by Gasteiger charge is -2.10. The van der Waals surface area contributed by atoms with E-state index in [1.807, 2.05) is 0 Å². The molecule has 6 nitrogen and oxygen atoms in total. The van der Waals surface area contributed by atoms with E-state index in [1.54, 1.807) is 13.6 Å². The van der Waals surface area contributed by atoms with Gasteiger partial charge in [-0.25, -0.2) is 0 Å². The minimum absolute atomic E-state index is 0.0604. The van der Waals surface area contributed by atoms with Gasteiger partial charge in [0.15, 0.2) is 7.37 Å². The number of rotatable bonds is 6. The second kappa shape index (κ2) is 9.36. The van der Waals surface area contributed by atoms with Gasteiger partial charge in [-0.2, -0.15) is 0 Å². The average molecular weight is 253 g/mol. The van der Waals surface area contributed by atoms with E-state index >= 15 is 0 Å². The topological polar surface area (TPSA) is 107 Å². The first-order valence-electron chi connectivity index (χ1n) is 4.90. The van der Waals surface area contributed by atoms with Crippen LogP contribution in [0.2, 0.25) is 0 Å². The number of hydrogen-bond donors (Lipinski definition) is 2. The van der Waals surface area contributed by atoms with Crippen LogP contribution >= 0.6 is 7.37 Å². The minimum Gasteiger partial charge on any atom is -0.481 e. The van der Waals surface area contributed by atoms with Crippen molar-refractivity contribution in [1.82, 2.24) is 0 Å². The largest absolute Gasteiger partial charge is 0.481 e. The van der Waals surface area contributed by atoms with Gasteiger partial charge in [0.25, 0.3) is 0 Å². The van der Waals surface area contributed by atoms with E-state index in [-0.39, 0.29) is 12.3 Å². The van der Waals surface area contributed by atoms with Gasteiger partial charge < -0.3 is 15.4 Å². The van der Waals surface area contributed by atoms with E-state index in [4.69, 9.17) is 9.63 Å². The third-order valence-electron chi connectivity index (χ3n) is 1.36. The van der Waals surface area contributed by atoms with Crippen LogP contribution < -0.4 is 5.73 Å². The molecule has 1 amide bonds. The monoisotopic (exact) mass is 253 g/mol. The lowest BCUT2D eigenvalue weighted by Crippen LogP contribution is -2.01. The smallest absolute Gasteiger partial charge is 0.303 e. The molecule has 3 N–H and O–H groups in total. The fourth-order valence-electron chi connectivity index (χ4n) is 0.855. The van der Waals surface area contributed by atoms with Gasteiger partial charge in [-0.3, -0.25) is 14.2 Å². The van der Waals surface area contributed by atoms with Crippen LogP contribution in [0.15, 0.2) is 0 Å². The molecule has 0 radical (unpaired) electrons. The lowest BCUT2D eigenvalue weighted by molar-refractivity contribution is -0.137. The summed E-state index contributed by atoms with van der Waals surface area (Å²) in [6.07, 6.45) is 0.834. The summed E-state index contributed by atoms with van der Waals surface area (Å²) in [6, 6.07) is 0. The van der Waals surface area contributed by atoms with Crippen LogP contribution in [0.25, 0.3) is 0 Å². The van der Waals surface area contributed by atoms with Crippen LogP contribution in [-0.4, -0.2) is 36.4 Å². The van der Waals surface area contributed by atoms with Gasteiger partial charge in [-0.1, -0.05) is 0 Å². The molecule has 0 aliphatic carbocycles. The average Bonchev–Trinajstić information content (AvgIpc) is 2.00. The highest BCUT2D eigenvalue weighted by molar-refractivity contribution is 7.58. The van der Waals surface area contributed by atoms with Gasteiger partial charge in [0.05, 0.1) is 6.61 Å². The molecule has 0 aliphatic rings. The summed E-state index contributed by atoms with van der Waals surface area (Å²) in [7, 11) is -2.51. The number of carbonyl (C=O) groups is 2. The van der Waals surface area contributed by atoms with E-state index in [0.29, 0.717) is 19.2 Å². The maximum absolute atomic E-state index is 11.4. The SMILES string of the molecule is CC(N)=O.CCOP(C)(=O)CCCC(=O)O. The van der Waals surface area contributed by atoms with Gasteiger partial charge in [0.2, 0.25) is 5.91 Å². The molecule has 0 aromatic carbocycles. The van der Waals surface area contributed by atoms with Crippen molar-refractivity contribution in [3.05, 3.63) is 0 Å². The lowest BCUT2D eigenvalue weighted by atomic mass is 10.3. The van der Waals surface area contributed by atoms with Crippen LogP contribution in [0.4, 0.5) is 0 Å². The van der Waals surface area contributed by atoms with Gasteiger partial charge in [-0.15, -0.1) is 0 Å². The van der Waals surface area contributed by atoms with Gasteiger partial charge in [-0.05, 0) is 13.3 Å². The highest BCUT2D eigenvalue weighted by Crippen LogP contribution is 2.42. The first-order chi connectivity index (χ1) is 7.21. The van der Waals surface area contributed by atoms with E-state index in [1.165, 1.54) is 6.92 Å². The number of carbonyl (C=O) groups excluding carboxylic acids is 1. The van der Waals surface area contributed by atoms with Crippen LogP contribution in [0.5, 0.6) is 0 Å². The van der Waals surface area contributed by atoms with Crippen molar-refractivity contribution in [1.29, 1.82) is 0 Å². The number of carboxylic acid groups (broad SMARTS) is 1. The van der Waals surface area contributed by atoms with Gasteiger partial charge in [0, 0.05) is 26.2 Å². The molecular weight excluding hydrogens is 233 g/mol. The van der Waals surface area contributed by atoms with E-state index < -0.39 is 13.3 Å². The van der Waals surface area contributed by atoms with E-state index in [0.717, 1.165) is 0 Å². The number of amides is 1. The van der Waals surface area contributed by atoms with Gasteiger partial charge in [0.1, 0.15) is 0 Å². The summed E-state index contributed by atoms with van der Waals surface area (Å²) < 4.78 is 16.4. The molecule has 0 spiro atoms. The Morgan fingerprint density at radius 1 is 1.44 bits per heavy atom. The number of primary amides is 1. The maximum atomic E-state index is 11.4. The Balaban J connectivity index is 0. The molecule has 0 aromatic heterocycles. The van der Waals surface area contributed by atoms with Crippen LogP contribution in [0.1, 0.15) is 26.7 Å². The number of aliphatic carboxylic acids is 1. The normalized spacial score (nSPS) is 13.2. The molecule has 96 valence electrons. The van der Waals surface area contributed by atoms with Crippen LogP contribution in [0.3, 0.4) is 0 Å². The first-order valence-corrected chi connectivity index (χ1v) is 7.16. The Kier molecular flexibility index (Phi) is 10.3. The molecule has 0 saturated heterocycles. The molecule has 1 atom stereocenters. The van der Waals surface area contributed by atoms with Crippen molar-refractivity contribution >= 4 is 19.2 Å². The summed E-state index contributed by atoms with van der Waals surface area (Å²) in [5, 5.41) is 8.31. The van der Waals surface area contributed by atoms with Crippen molar-refractivity contribution < 1.29 is 23.8 Å². The quantitative estimate of drug-likeness (QED) is 0.693. The minimum atomic E-state index is -2.51. The van der Waals surface area contributed by atoms with Gasteiger partial charge >= 0.3 is 5.97 Å². The Hall–Kier alpha value is -0.870. The van der Waals surface area contributed by atoms with E-state index in [2.05, 4.69) is 5.73 Å². The zero-order valence-corrected chi connectivity index (χ0v) is 10.8. The standard InChI is InChI=1S/C7H15O4P.C2H5NO/c1-3-11-12(2,10)6-4-5-7(8)9;1-2(3)4/h3-6H2,1-2H3,(H,8,9);1H3,(H2,3,4). The molecule has 7 heteroatoms. The Bertz CT molecular complexity index is 263. The predicted molar refractivity (Wildman–Crippen MR) is 61.8 cm³/mol. The summed E-state index contributed by atoms with van der Waals surface area (Å²) >= 11 is 0. The molecule has 0 heterocycles. The highest BCUT2D eigenvalue weighted by Gasteiger charge is 2.14. The Labute approximate surface area is 95.6 Å². The molecule has 0 saturated carbocycles. The fraction of sp³-hybridized carbons (Fsp3) is 0.778. The van der Waals surface area contributed by atoms with E-state index in [9.17, 15) is 14.2 Å². The summed E-state index contributed by atoms with van der Waals surface area (Å²) in [4.78, 5) is 19.3. The molecule has 1 unspecified atom stereocenters. The second-order valence-corrected chi connectivity index (χ2v) is 6.00. The number of nitrogens with two attached hydrogens (primary N) is 1. The van der Waals surface area contributed by atoms with Crippen molar-refractivity contribution in [3.8, 4) is 0 Å². The van der Waals surface area contributed by atoms with Crippen molar-refractivity contribution in [2.24, 2.45) is 5.73 Å². The summed E-state index contributed by atoms with van der Waals surface area (Å²) in [6.45, 7) is 5.03. The Morgan fingerprint density at radius 2 is 1.88 bits per heavy atom. The molecule has 0 aromatic rings. The van der Waals surface area contributed by atoms with Crippen molar-refractivity contribution in [3.63, 3.8) is 0 Å². The third-order valence-corrected chi connectivity index (χ3v) is 3.29. The summed E-state index contributed by atoms with van der Waals surface area (Å²) in [5.41, 5.74) is 4.47. The van der Waals surface area contributed by atoms with Crippen LogP contribution in [-0.2, 0) is 18.7 Å². The first kappa shape index (κ1) is 17.5. The second-order valence-electron chi connectivity index (χ2n) is 3.26. The van der Waals surface area contributed by atoms with Crippen molar-refractivity contribution in [2.45, 2.75) is 26.7 Å². The zero-order valence-electron chi connectivity index (χ0n) is 9.93. The molecule has 0 rings (SSSR count). The van der Waals surface area contributed by atoms with Crippen molar-refractivity contribution in [2.75, 3.05) is 19.4 Å². The number of carboxylic acids is 1. The highest BCUT2D eigenvalue weighted by atomic mass is 31.2. The maximum Gasteiger partial charge on any atom is 0.303 e. The fourth-order valence-corrected chi connectivity index (χ4v) is 2.26. The zero-order chi connectivity index (χ0) is 13.2. The molecule has 0 fully saturated rings. The molecular formula is C9H20NO5P. The Morgan fingerprint density at radius 3 is 2.19 bits per heavy atom. The predicted octanol–water partition coefficient (Wildman–Crippen LogP) is 1.29. The summed E-state index contributed by atoms with van der Waals surface area (Å²) in [5.74, 6) is -1.19. The molecule has 0 bridgehead atoms. The molecule has 0 aliphatic heterocycles. The van der Waals surface area contributed by atoms with Crippen LogP contribution in [0, 0.1) is 0 Å². The number of hydrogen-bond acceptors (Lipinski definition) is 4.